The Balaban J connectivity index is 1.73. The van der Waals surface area contributed by atoms with Crippen molar-refractivity contribution >= 4 is 11.7 Å². The van der Waals surface area contributed by atoms with Crippen molar-refractivity contribution in [3.8, 4) is 0 Å². The molecule has 2 aromatic rings. The molecule has 1 unspecified atom stereocenters. The molecule has 1 N–H and O–H groups in total. The lowest BCUT2D eigenvalue weighted by molar-refractivity contribution is 0.318. The Labute approximate surface area is 106 Å². The van der Waals surface area contributed by atoms with Gasteiger partial charge in [0, 0.05) is 5.69 Å². The van der Waals surface area contributed by atoms with Crippen molar-refractivity contribution < 1.29 is 4.74 Å². The van der Waals surface area contributed by atoms with Gasteiger partial charge in [0.25, 0.3) is 6.02 Å². The minimum atomic E-state index is 0.0948. The van der Waals surface area contributed by atoms with Crippen LogP contribution in [0.1, 0.15) is 11.6 Å². The number of amidine groups is 1. The fourth-order valence-corrected chi connectivity index (χ4v) is 1.93. The molecule has 0 amide bonds. The third-order valence-corrected chi connectivity index (χ3v) is 2.86. The van der Waals surface area contributed by atoms with E-state index in [1.54, 1.807) is 0 Å². The molecule has 0 saturated heterocycles. The third-order valence-electron chi connectivity index (χ3n) is 2.86. The third kappa shape index (κ3) is 2.35. The minimum Gasteiger partial charge on any atom is -0.462 e. The average Bonchev–Trinajstić information content (AvgIpc) is 2.89. The van der Waals surface area contributed by atoms with Gasteiger partial charge in [-0.25, -0.2) is 4.99 Å². The summed E-state index contributed by atoms with van der Waals surface area (Å²) in [6.07, 6.45) is 0. The van der Waals surface area contributed by atoms with Crippen molar-refractivity contribution in [2.45, 2.75) is 6.04 Å². The van der Waals surface area contributed by atoms with Gasteiger partial charge in [-0.1, -0.05) is 48.5 Å². The summed E-state index contributed by atoms with van der Waals surface area (Å²) in [5.74, 6) is 0. The number of para-hydroxylation sites is 1. The summed E-state index contributed by atoms with van der Waals surface area (Å²) >= 11 is 0. The molecule has 0 aliphatic carbocycles. The second-order valence-corrected chi connectivity index (χ2v) is 4.16. The van der Waals surface area contributed by atoms with Crippen LogP contribution in [0, 0.1) is 0 Å². The van der Waals surface area contributed by atoms with E-state index in [0.717, 1.165) is 5.69 Å². The topological polar surface area (TPSA) is 33.6 Å². The molecular weight excluding hydrogens is 224 g/mol. The first-order valence-electron chi connectivity index (χ1n) is 5.99. The van der Waals surface area contributed by atoms with E-state index >= 15 is 0 Å². The number of aliphatic imine (C=N–C) groups is 1. The van der Waals surface area contributed by atoms with E-state index in [0.29, 0.717) is 12.6 Å². The molecule has 90 valence electrons. The van der Waals surface area contributed by atoms with E-state index in [9.17, 15) is 0 Å². The molecular formula is C15H14N2O. The minimum absolute atomic E-state index is 0.0948. The predicted molar refractivity (Wildman–Crippen MR) is 72.6 cm³/mol. The molecule has 0 spiro atoms. The summed E-state index contributed by atoms with van der Waals surface area (Å²) in [5.41, 5.74) is 2.17. The van der Waals surface area contributed by atoms with Gasteiger partial charge in [-0.05, 0) is 17.7 Å². The number of ether oxygens (including phenoxy) is 1. The van der Waals surface area contributed by atoms with E-state index in [1.807, 2.05) is 48.5 Å². The first-order valence-corrected chi connectivity index (χ1v) is 5.99. The molecule has 18 heavy (non-hydrogen) atoms. The van der Waals surface area contributed by atoms with Gasteiger partial charge in [-0.2, -0.15) is 0 Å². The van der Waals surface area contributed by atoms with E-state index < -0.39 is 0 Å². The SMILES string of the molecule is c1ccc(NC2=NC(c3ccccc3)CO2)cc1. The van der Waals surface area contributed by atoms with E-state index in [-0.39, 0.29) is 6.04 Å². The van der Waals surface area contributed by atoms with Gasteiger partial charge in [0.15, 0.2) is 0 Å². The second-order valence-electron chi connectivity index (χ2n) is 4.16. The summed E-state index contributed by atoms with van der Waals surface area (Å²) in [5, 5.41) is 3.17. The Morgan fingerprint density at radius 2 is 1.61 bits per heavy atom. The zero-order chi connectivity index (χ0) is 12.2. The number of hydrogen-bond donors (Lipinski definition) is 1. The lowest BCUT2D eigenvalue weighted by Gasteiger charge is -2.04. The fraction of sp³-hybridized carbons (Fsp3) is 0.133. The van der Waals surface area contributed by atoms with Crippen molar-refractivity contribution in [3.63, 3.8) is 0 Å². The highest BCUT2D eigenvalue weighted by molar-refractivity contribution is 5.90. The standard InChI is InChI=1S/C15H14N2O/c1-3-7-12(8-4-1)14-11-18-15(17-14)16-13-9-5-2-6-10-13/h1-10,14H,11H2,(H,16,17). The van der Waals surface area contributed by atoms with Crippen molar-refractivity contribution in [2.24, 2.45) is 4.99 Å². The summed E-state index contributed by atoms with van der Waals surface area (Å²) in [6.45, 7) is 0.596. The van der Waals surface area contributed by atoms with E-state index in [4.69, 9.17) is 4.74 Å². The molecule has 3 heteroatoms. The number of rotatable bonds is 2. The molecule has 2 aromatic carbocycles. The quantitative estimate of drug-likeness (QED) is 0.871. The summed E-state index contributed by atoms with van der Waals surface area (Å²) in [7, 11) is 0. The van der Waals surface area contributed by atoms with Gasteiger partial charge in [0.05, 0.1) is 0 Å². The van der Waals surface area contributed by atoms with Gasteiger partial charge in [0.1, 0.15) is 12.6 Å². The zero-order valence-corrected chi connectivity index (χ0v) is 9.91. The molecule has 0 radical (unpaired) electrons. The van der Waals surface area contributed by atoms with Crippen molar-refractivity contribution in [1.82, 2.24) is 0 Å². The highest BCUT2D eigenvalue weighted by Crippen LogP contribution is 2.23. The van der Waals surface area contributed by atoms with Crippen molar-refractivity contribution in [1.29, 1.82) is 0 Å². The maximum Gasteiger partial charge on any atom is 0.290 e. The average molecular weight is 238 g/mol. The van der Waals surface area contributed by atoms with Gasteiger partial charge in [0.2, 0.25) is 0 Å². The molecule has 1 aliphatic rings. The number of hydrogen-bond acceptors (Lipinski definition) is 3. The van der Waals surface area contributed by atoms with E-state index in [2.05, 4.69) is 22.4 Å². The van der Waals surface area contributed by atoms with Crippen LogP contribution in [0.15, 0.2) is 65.7 Å². The number of benzene rings is 2. The highest BCUT2D eigenvalue weighted by atomic mass is 16.5. The van der Waals surface area contributed by atoms with Crippen LogP contribution < -0.4 is 5.32 Å². The molecule has 3 nitrogen and oxygen atoms in total. The van der Waals surface area contributed by atoms with Crippen molar-refractivity contribution in [2.75, 3.05) is 11.9 Å². The maximum absolute atomic E-state index is 5.56. The van der Waals surface area contributed by atoms with Gasteiger partial charge in [-0.15, -0.1) is 0 Å². The Morgan fingerprint density at radius 1 is 0.944 bits per heavy atom. The van der Waals surface area contributed by atoms with Gasteiger partial charge in [-0.3, -0.25) is 0 Å². The zero-order valence-electron chi connectivity index (χ0n) is 9.91. The van der Waals surface area contributed by atoms with Crippen LogP contribution in [0.5, 0.6) is 0 Å². The summed E-state index contributed by atoms with van der Waals surface area (Å²) in [6, 6.07) is 20.8. The van der Waals surface area contributed by atoms with E-state index in [1.165, 1.54) is 5.56 Å². The number of nitrogens with one attached hydrogen (secondary N) is 1. The van der Waals surface area contributed by atoms with Crippen LogP contribution in [0.4, 0.5) is 5.69 Å². The van der Waals surface area contributed by atoms with Crippen LogP contribution in [0.2, 0.25) is 0 Å². The van der Waals surface area contributed by atoms with Gasteiger partial charge >= 0.3 is 0 Å². The molecule has 3 rings (SSSR count). The molecule has 0 aromatic heterocycles. The number of nitrogens with zero attached hydrogens (tertiary/aromatic N) is 1. The summed E-state index contributed by atoms with van der Waals surface area (Å²) in [4.78, 5) is 4.54. The first-order chi connectivity index (χ1) is 8.92. The molecule has 1 aliphatic heterocycles. The lowest BCUT2D eigenvalue weighted by Crippen LogP contribution is -2.11. The van der Waals surface area contributed by atoms with Crippen LogP contribution in [-0.2, 0) is 4.74 Å². The van der Waals surface area contributed by atoms with Crippen LogP contribution in [0.3, 0.4) is 0 Å². The normalized spacial score (nSPS) is 18.0. The molecule has 0 fully saturated rings. The number of anilines is 1. The van der Waals surface area contributed by atoms with Crippen LogP contribution >= 0.6 is 0 Å². The maximum atomic E-state index is 5.56. The predicted octanol–water partition coefficient (Wildman–Crippen LogP) is 3.23. The lowest BCUT2D eigenvalue weighted by atomic mass is 10.1. The second kappa shape index (κ2) is 4.92. The Morgan fingerprint density at radius 3 is 2.33 bits per heavy atom. The highest BCUT2D eigenvalue weighted by Gasteiger charge is 2.20. The Bertz CT molecular complexity index is 537. The van der Waals surface area contributed by atoms with Gasteiger partial charge < -0.3 is 10.1 Å². The molecule has 0 saturated carbocycles. The monoisotopic (exact) mass is 238 g/mol. The first kappa shape index (κ1) is 10.8. The fourth-order valence-electron chi connectivity index (χ4n) is 1.93. The van der Waals surface area contributed by atoms with Crippen molar-refractivity contribution in [3.05, 3.63) is 66.2 Å². The molecule has 1 heterocycles. The summed E-state index contributed by atoms with van der Waals surface area (Å²) < 4.78 is 5.56. The Hall–Kier alpha value is -2.29. The largest absolute Gasteiger partial charge is 0.462 e. The molecule has 0 bridgehead atoms. The Kier molecular flexibility index (Phi) is 2.96. The van der Waals surface area contributed by atoms with Crippen LogP contribution in [0.25, 0.3) is 0 Å². The smallest absolute Gasteiger partial charge is 0.290 e. The molecule has 1 atom stereocenters. The van der Waals surface area contributed by atoms with Crippen LogP contribution in [-0.4, -0.2) is 12.6 Å².